The summed E-state index contributed by atoms with van der Waals surface area (Å²) in [5.74, 6) is 0.692. The fourth-order valence-corrected chi connectivity index (χ4v) is 4.62. The minimum Gasteiger partial charge on any atom is -0.439 e. The Morgan fingerprint density at radius 3 is 2.29 bits per heavy atom. The third-order valence-electron chi connectivity index (χ3n) is 6.60. The zero-order chi connectivity index (χ0) is 26.2. The molecule has 0 atom stereocenters. The van der Waals surface area contributed by atoms with Gasteiger partial charge in [-0.05, 0) is 46.9 Å². The van der Waals surface area contributed by atoms with Crippen molar-refractivity contribution >= 4 is 18.1 Å². The summed E-state index contributed by atoms with van der Waals surface area (Å²) in [6.45, 7) is 2.83. The molecule has 3 aromatic carbocycles. The smallest absolute Gasteiger partial charge is 0.250 e. The van der Waals surface area contributed by atoms with Crippen LogP contribution < -0.4 is 10.5 Å². The number of amides is 1. The molecule has 0 fully saturated rings. The molecule has 0 saturated carbocycles. The predicted octanol–water partition coefficient (Wildman–Crippen LogP) is 6.30. The number of rotatable bonds is 9. The molecule has 0 aliphatic carbocycles. The maximum absolute atomic E-state index is 12.0. The predicted molar refractivity (Wildman–Crippen MR) is 153 cm³/mol. The van der Waals surface area contributed by atoms with Crippen LogP contribution in [0.3, 0.4) is 0 Å². The molecule has 0 bridgehead atoms. The van der Waals surface area contributed by atoms with Gasteiger partial charge in [-0.25, -0.2) is 4.98 Å². The normalized spacial score (nSPS) is 13.6. The Balaban J connectivity index is 1.23. The molecular weight excluding hydrogens is 470 g/mol. The highest BCUT2D eigenvalue weighted by atomic mass is 16.5. The van der Waals surface area contributed by atoms with E-state index in [9.17, 15) is 4.79 Å². The summed E-state index contributed by atoms with van der Waals surface area (Å²) in [4.78, 5) is 19.0. The average Bonchev–Trinajstić information content (AvgIpc) is 2.94. The molecule has 2 N–H and O–H groups in total. The van der Waals surface area contributed by atoms with E-state index in [1.165, 1.54) is 16.7 Å². The molecule has 5 heteroatoms. The summed E-state index contributed by atoms with van der Waals surface area (Å²) >= 11 is 0. The Labute approximate surface area is 223 Å². The molecular formula is C33H31N3O2. The fourth-order valence-electron chi connectivity index (χ4n) is 4.62. The standard InChI is InChI=1S/C33H31N3O2/c34-33(37)30-18-19-32(35-31(30)15-7-13-25-9-3-1-4-10-25)38-29-17-16-28-24-36(22-20-27(28)23-29)21-8-14-26-11-5-2-6-12-26/h1-14,16-19,23H,15,20-22,24H2,(H2,34,37). The second-order valence-corrected chi connectivity index (χ2v) is 9.36. The van der Waals surface area contributed by atoms with Crippen LogP contribution in [0, 0.1) is 0 Å². The van der Waals surface area contributed by atoms with E-state index in [0.29, 0.717) is 23.6 Å². The summed E-state index contributed by atoms with van der Waals surface area (Å²) in [5, 5.41) is 0. The number of ether oxygens (including phenoxy) is 1. The van der Waals surface area contributed by atoms with Crippen molar-refractivity contribution in [2.24, 2.45) is 5.73 Å². The van der Waals surface area contributed by atoms with Gasteiger partial charge in [0.15, 0.2) is 0 Å². The number of fused-ring (bicyclic) bond motifs is 1. The third kappa shape index (κ3) is 6.64. The first-order valence-corrected chi connectivity index (χ1v) is 12.9. The van der Waals surface area contributed by atoms with Crippen LogP contribution in [0.1, 0.15) is 38.3 Å². The zero-order valence-electron chi connectivity index (χ0n) is 21.3. The van der Waals surface area contributed by atoms with Gasteiger partial charge in [0.25, 0.3) is 5.91 Å². The van der Waals surface area contributed by atoms with Crippen molar-refractivity contribution < 1.29 is 9.53 Å². The SMILES string of the molecule is NC(=O)c1ccc(Oc2ccc3c(c2)CCN(CC=Cc2ccccc2)C3)nc1CC=Cc1ccccc1. The van der Waals surface area contributed by atoms with Crippen LogP contribution in [0.2, 0.25) is 0 Å². The number of nitrogens with two attached hydrogens (primary N) is 1. The Kier molecular flexibility index (Phi) is 8.07. The van der Waals surface area contributed by atoms with Crippen LogP contribution in [0.25, 0.3) is 12.2 Å². The van der Waals surface area contributed by atoms with Crippen LogP contribution in [-0.4, -0.2) is 28.9 Å². The number of nitrogens with zero attached hydrogens (tertiary/aromatic N) is 2. The van der Waals surface area contributed by atoms with Crippen molar-refractivity contribution in [3.05, 3.63) is 137 Å². The quantitative estimate of drug-likeness (QED) is 0.292. The molecule has 1 aromatic heterocycles. The minimum absolute atomic E-state index is 0.405. The van der Waals surface area contributed by atoms with Crippen molar-refractivity contribution in [1.29, 1.82) is 0 Å². The number of pyridine rings is 1. The molecule has 190 valence electrons. The molecule has 0 saturated heterocycles. The largest absolute Gasteiger partial charge is 0.439 e. The van der Waals surface area contributed by atoms with Gasteiger partial charge in [-0.3, -0.25) is 9.69 Å². The lowest BCUT2D eigenvalue weighted by atomic mass is 9.99. The molecule has 5 rings (SSSR count). The molecule has 38 heavy (non-hydrogen) atoms. The molecule has 1 amide bonds. The monoisotopic (exact) mass is 501 g/mol. The van der Waals surface area contributed by atoms with Gasteiger partial charge in [-0.2, -0.15) is 0 Å². The lowest BCUT2D eigenvalue weighted by Gasteiger charge is -2.28. The first kappa shape index (κ1) is 25.2. The van der Waals surface area contributed by atoms with Crippen LogP contribution in [-0.2, 0) is 19.4 Å². The molecule has 0 radical (unpaired) electrons. The molecule has 4 aromatic rings. The number of carbonyl (C=O) groups is 1. The van der Waals surface area contributed by atoms with E-state index >= 15 is 0 Å². The van der Waals surface area contributed by atoms with E-state index in [4.69, 9.17) is 10.5 Å². The highest BCUT2D eigenvalue weighted by Gasteiger charge is 2.17. The minimum atomic E-state index is -0.496. The topological polar surface area (TPSA) is 68.5 Å². The summed E-state index contributed by atoms with van der Waals surface area (Å²) in [6, 6.07) is 30.0. The number of hydrogen-bond acceptors (Lipinski definition) is 4. The third-order valence-corrected chi connectivity index (χ3v) is 6.60. The number of carbonyl (C=O) groups excluding carboxylic acids is 1. The van der Waals surface area contributed by atoms with Gasteiger partial charge in [0.2, 0.25) is 5.88 Å². The van der Waals surface area contributed by atoms with Crippen molar-refractivity contribution in [2.75, 3.05) is 13.1 Å². The van der Waals surface area contributed by atoms with Gasteiger partial charge in [0, 0.05) is 32.1 Å². The number of aromatic nitrogens is 1. The van der Waals surface area contributed by atoms with Crippen molar-refractivity contribution in [2.45, 2.75) is 19.4 Å². The fraction of sp³-hybridized carbons (Fsp3) is 0.152. The number of allylic oxidation sites excluding steroid dienone is 1. The first-order valence-electron chi connectivity index (χ1n) is 12.9. The van der Waals surface area contributed by atoms with Gasteiger partial charge >= 0.3 is 0 Å². The molecule has 0 spiro atoms. The zero-order valence-corrected chi connectivity index (χ0v) is 21.3. The molecule has 0 unspecified atom stereocenters. The van der Waals surface area contributed by atoms with E-state index < -0.39 is 5.91 Å². The molecule has 5 nitrogen and oxygen atoms in total. The average molecular weight is 502 g/mol. The van der Waals surface area contributed by atoms with E-state index in [1.54, 1.807) is 12.1 Å². The van der Waals surface area contributed by atoms with E-state index in [2.05, 4.69) is 58.4 Å². The maximum Gasteiger partial charge on any atom is 0.250 e. The van der Waals surface area contributed by atoms with Crippen LogP contribution in [0.4, 0.5) is 0 Å². The highest BCUT2D eigenvalue weighted by molar-refractivity contribution is 5.94. The first-order chi connectivity index (χ1) is 18.6. The van der Waals surface area contributed by atoms with Gasteiger partial charge < -0.3 is 10.5 Å². The lowest BCUT2D eigenvalue weighted by molar-refractivity contribution is 0.0999. The summed E-state index contributed by atoms with van der Waals surface area (Å²) in [6.07, 6.45) is 9.83. The van der Waals surface area contributed by atoms with Crippen molar-refractivity contribution in [3.8, 4) is 11.6 Å². The summed E-state index contributed by atoms with van der Waals surface area (Å²) < 4.78 is 6.11. The van der Waals surface area contributed by atoms with E-state index in [-0.39, 0.29) is 0 Å². The highest BCUT2D eigenvalue weighted by Crippen LogP contribution is 2.27. The lowest BCUT2D eigenvalue weighted by Crippen LogP contribution is -2.30. The van der Waals surface area contributed by atoms with E-state index in [0.717, 1.165) is 37.4 Å². The van der Waals surface area contributed by atoms with Gasteiger partial charge in [0.1, 0.15) is 5.75 Å². The van der Waals surface area contributed by atoms with Crippen LogP contribution in [0.15, 0.2) is 103 Å². The Morgan fingerprint density at radius 2 is 1.58 bits per heavy atom. The van der Waals surface area contributed by atoms with Crippen molar-refractivity contribution in [1.82, 2.24) is 9.88 Å². The van der Waals surface area contributed by atoms with Gasteiger partial charge in [0.05, 0.1) is 11.3 Å². The Bertz CT molecular complexity index is 1450. The number of hydrogen-bond donors (Lipinski definition) is 1. The number of primary amides is 1. The van der Waals surface area contributed by atoms with Crippen molar-refractivity contribution in [3.63, 3.8) is 0 Å². The van der Waals surface area contributed by atoms with Gasteiger partial charge in [-0.15, -0.1) is 0 Å². The van der Waals surface area contributed by atoms with Crippen LogP contribution >= 0.6 is 0 Å². The summed E-state index contributed by atoms with van der Waals surface area (Å²) in [5.41, 5.74) is 11.5. The van der Waals surface area contributed by atoms with E-state index in [1.807, 2.05) is 54.6 Å². The molecule has 2 heterocycles. The number of benzene rings is 3. The molecule has 1 aliphatic rings. The Morgan fingerprint density at radius 1 is 0.868 bits per heavy atom. The van der Waals surface area contributed by atoms with Crippen LogP contribution in [0.5, 0.6) is 11.6 Å². The van der Waals surface area contributed by atoms with Gasteiger partial charge in [-0.1, -0.05) is 91.0 Å². The Hall–Kier alpha value is -4.48. The second-order valence-electron chi connectivity index (χ2n) is 9.36. The summed E-state index contributed by atoms with van der Waals surface area (Å²) in [7, 11) is 0. The molecule has 1 aliphatic heterocycles. The maximum atomic E-state index is 12.0. The second kappa shape index (κ2) is 12.2.